The Kier molecular flexibility index (Phi) is 2.28. The van der Waals surface area contributed by atoms with Crippen LogP contribution in [0.15, 0.2) is 18.2 Å². The van der Waals surface area contributed by atoms with E-state index in [1.165, 1.54) is 45.3 Å². The molecule has 2 nitrogen and oxygen atoms in total. The number of nitrogens with zero attached hydrogens (tertiary/aromatic N) is 2. The van der Waals surface area contributed by atoms with Crippen LogP contribution < -0.4 is 0 Å². The molecule has 0 fully saturated rings. The smallest absolute Gasteiger partial charge is 0.0518 e. The Bertz CT molecular complexity index is 609. The molecule has 1 aromatic carbocycles. The van der Waals surface area contributed by atoms with Crippen molar-refractivity contribution in [1.82, 2.24) is 9.47 Å². The van der Waals surface area contributed by atoms with Crippen molar-refractivity contribution in [3.63, 3.8) is 0 Å². The van der Waals surface area contributed by atoms with Gasteiger partial charge in [-0.05, 0) is 43.9 Å². The minimum atomic E-state index is 1.17. The van der Waals surface area contributed by atoms with E-state index in [0.717, 1.165) is 0 Å². The molecule has 0 spiro atoms. The molecular formula is C16H20N2. The fourth-order valence-corrected chi connectivity index (χ4v) is 3.75. The van der Waals surface area contributed by atoms with Crippen molar-refractivity contribution in [3.05, 3.63) is 35.0 Å². The van der Waals surface area contributed by atoms with Crippen LogP contribution in [-0.2, 0) is 25.8 Å². The van der Waals surface area contributed by atoms with Crippen molar-refractivity contribution in [1.29, 1.82) is 0 Å². The molecule has 18 heavy (non-hydrogen) atoms. The molecule has 1 aliphatic carbocycles. The molecule has 1 aromatic heterocycles. The lowest BCUT2D eigenvalue weighted by Crippen LogP contribution is -2.28. The zero-order valence-electron chi connectivity index (χ0n) is 11.1. The molecule has 0 saturated heterocycles. The Morgan fingerprint density at radius 3 is 2.89 bits per heavy atom. The maximum absolute atomic E-state index is 2.63. The third-order valence-corrected chi connectivity index (χ3v) is 4.70. The molecule has 0 saturated carbocycles. The van der Waals surface area contributed by atoms with Gasteiger partial charge in [0.25, 0.3) is 0 Å². The number of para-hydroxylation sites is 1. The van der Waals surface area contributed by atoms with Gasteiger partial charge in [0.15, 0.2) is 0 Å². The highest BCUT2D eigenvalue weighted by Crippen LogP contribution is 2.35. The summed E-state index contributed by atoms with van der Waals surface area (Å²) >= 11 is 0. The number of benzene rings is 1. The van der Waals surface area contributed by atoms with E-state index in [1.807, 2.05) is 0 Å². The molecule has 94 valence electrons. The monoisotopic (exact) mass is 240 g/mol. The van der Waals surface area contributed by atoms with Crippen LogP contribution in [0.5, 0.6) is 0 Å². The van der Waals surface area contributed by atoms with Crippen LogP contribution in [0.25, 0.3) is 10.9 Å². The van der Waals surface area contributed by atoms with Gasteiger partial charge in [-0.2, -0.15) is 0 Å². The van der Waals surface area contributed by atoms with E-state index in [9.17, 15) is 0 Å². The van der Waals surface area contributed by atoms with Crippen LogP contribution in [0.3, 0.4) is 0 Å². The first-order chi connectivity index (χ1) is 8.84. The number of rotatable bonds is 0. The zero-order valence-corrected chi connectivity index (χ0v) is 11.1. The Labute approximate surface area is 108 Å². The predicted molar refractivity (Wildman–Crippen MR) is 75.2 cm³/mol. The number of aromatic nitrogens is 1. The summed E-state index contributed by atoms with van der Waals surface area (Å²) in [6.45, 7) is 3.54. The molecule has 2 aromatic rings. The molecule has 0 unspecified atom stereocenters. The minimum absolute atomic E-state index is 1.17. The standard InChI is InChI=1S/C16H20N2/c1-17-9-8-12-4-2-6-14-13-5-3-7-15(13)18(11-10-17)16(12)14/h2,4,6H,3,5,7-11H2,1H3. The van der Waals surface area contributed by atoms with Crippen LogP contribution in [0.4, 0.5) is 0 Å². The average molecular weight is 240 g/mol. The van der Waals surface area contributed by atoms with E-state index >= 15 is 0 Å². The SMILES string of the molecule is CN1CCc2cccc3c4c(n(c23)CC1)CCC4. The van der Waals surface area contributed by atoms with E-state index < -0.39 is 0 Å². The molecule has 2 heterocycles. The highest BCUT2D eigenvalue weighted by atomic mass is 15.1. The van der Waals surface area contributed by atoms with Gasteiger partial charge < -0.3 is 9.47 Å². The van der Waals surface area contributed by atoms with E-state index in [0.29, 0.717) is 0 Å². The molecule has 2 aliphatic rings. The first kappa shape index (κ1) is 10.6. The Morgan fingerprint density at radius 2 is 1.94 bits per heavy atom. The van der Waals surface area contributed by atoms with Gasteiger partial charge >= 0.3 is 0 Å². The number of hydrogen-bond acceptors (Lipinski definition) is 1. The molecule has 0 N–H and O–H groups in total. The van der Waals surface area contributed by atoms with Crippen LogP contribution in [0.1, 0.15) is 23.2 Å². The summed E-state index contributed by atoms with van der Waals surface area (Å²) in [7, 11) is 2.24. The largest absolute Gasteiger partial charge is 0.343 e. The fraction of sp³-hybridized carbons (Fsp3) is 0.500. The Balaban J connectivity index is 2.02. The molecule has 0 amide bonds. The Hall–Kier alpha value is -1.28. The third kappa shape index (κ3) is 1.39. The molecular weight excluding hydrogens is 220 g/mol. The molecule has 2 heteroatoms. The molecule has 0 atom stereocenters. The van der Waals surface area contributed by atoms with E-state index in [2.05, 4.69) is 34.7 Å². The summed E-state index contributed by atoms with van der Waals surface area (Å²) in [6, 6.07) is 6.92. The summed E-state index contributed by atoms with van der Waals surface area (Å²) in [5, 5.41) is 1.55. The van der Waals surface area contributed by atoms with Gasteiger partial charge in [0, 0.05) is 30.7 Å². The number of fused-ring (bicyclic) bond motifs is 3. The normalized spacial score (nSPS) is 19.8. The van der Waals surface area contributed by atoms with Crippen molar-refractivity contribution in [2.24, 2.45) is 0 Å². The number of likely N-dealkylation sites (N-methyl/N-ethyl adjacent to an activating group) is 1. The quantitative estimate of drug-likeness (QED) is 0.687. The lowest BCUT2D eigenvalue weighted by atomic mass is 10.0. The molecule has 0 radical (unpaired) electrons. The van der Waals surface area contributed by atoms with Crippen LogP contribution >= 0.6 is 0 Å². The van der Waals surface area contributed by atoms with Gasteiger partial charge in [-0.3, -0.25) is 0 Å². The van der Waals surface area contributed by atoms with Gasteiger partial charge in [0.05, 0.1) is 5.52 Å². The number of aryl methyl sites for hydroxylation is 1. The number of hydrogen-bond donors (Lipinski definition) is 0. The molecule has 1 aliphatic heterocycles. The second kappa shape index (κ2) is 3.86. The van der Waals surface area contributed by atoms with E-state index in [1.54, 1.807) is 27.7 Å². The van der Waals surface area contributed by atoms with Crippen molar-refractivity contribution < 1.29 is 0 Å². The lowest BCUT2D eigenvalue weighted by molar-refractivity contribution is 0.318. The highest BCUT2D eigenvalue weighted by Gasteiger charge is 2.23. The molecule has 0 bridgehead atoms. The second-order valence-electron chi connectivity index (χ2n) is 5.80. The average Bonchev–Trinajstić information content (AvgIpc) is 2.93. The van der Waals surface area contributed by atoms with Crippen molar-refractivity contribution in [3.8, 4) is 0 Å². The van der Waals surface area contributed by atoms with Gasteiger partial charge in [-0.25, -0.2) is 0 Å². The van der Waals surface area contributed by atoms with Gasteiger partial charge in [0.2, 0.25) is 0 Å². The van der Waals surface area contributed by atoms with Gasteiger partial charge in [-0.15, -0.1) is 0 Å². The fourth-order valence-electron chi connectivity index (χ4n) is 3.75. The van der Waals surface area contributed by atoms with Crippen molar-refractivity contribution in [2.45, 2.75) is 32.2 Å². The first-order valence-corrected chi connectivity index (χ1v) is 7.15. The van der Waals surface area contributed by atoms with E-state index in [4.69, 9.17) is 0 Å². The first-order valence-electron chi connectivity index (χ1n) is 7.15. The predicted octanol–water partition coefficient (Wildman–Crippen LogP) is 2.62. The van der Waals surface area contributed by atoms with Crippen molar-refractivity contribution >= 4 is 10.9 Å². The minimum Gasteiger partial charge on any atom is -0.343 e. The van der Waals surface area contributed by atoms with Crippen LogP contribution in [0, 0.1) is 0 Å². The van der Waals surface area contributed by atoms with Gasteiger partial charge in [-0.1, -0.05) is 18.2 Å². The lowest BCUT2D eigenvalue weighted by Gasteiger charge is -2.22. The topological polar surface area (TPSA) is 8.17 Å². The summed E-state index contributed by atoms with van der Waals surface area (Å²) in [6.07, 6.45) is 5.11. The van der Waals surface area contributed by atoms with Crippen molar-refractivity contribution in [2.75, 3.05) is 20.1 Å². The summed E-state index contributed by atoms with van der Waals surface area (Å²) in [5.41, 5.74) is 6.38. The second-order valence-corrected chi connectivity index (χ2v) is 5.80. The van der Waals surface area contributed by atoms with Gasteiger partial charge in [0.1, 0.15) is 0 Å². The summed E-state index contributed by atoms with van der Waals surface area (Å²) < 4.78 is 2.63. The molecule has 4 rings (SSSR count). The summed E-state index contributed by atoms with van der Waals surface area (Å²) in [5.74, 6) is 0. The van der Waals surface area contributed by atoms with E-state index in [-0.39, 0.29) is 0 Å². The third-order valence-electron chi connectivity index (χ3n) is 4.70. The maximum Gasteiger partial charge on any atom is 0.0518 e. The maximum atomic E-state index is 2.63. The summed E-state index contributed by atoms with van der Waals surface area (Å²) in [4.78, 5) is 2.46. The zero-order chi connectivity index (χ0) is 12.1. The van der Waals surface area contributed by atoms with Crippen LogP contribution in [0.2, 0.25) is 0 Å². The highest BCUT2D eigenvalue weighted by molar-refractivity contribution is 5.89. The Morgan fingerprint density at radius 1 is 1.00 bits per heavy atom. The van der Waals surface area contributed by atoms with Crippen LogP contribution in [-0.4, -0.2) is 29.6 Å².